The molecule has 182 valence electrons. The predicted octanol–water partition coefficient (Wildman–Crippen LogP) is 6.93. The molecule has 0 saturated heterocycles. The smallest absolute Gasteiger partial charge is 0.181 e. The van der Waals surface area contributed by atoms with Gasteiger partial charge in [-0.15, -0.1) is 16.4 Å². The van der Waals surface area contributed by atoms with E-state index in [2.05, 4.69) is 107 Å². The molecule has 0 unspecified atom stereocenters. The highest BCUT2D eigenvalue weighted by Crippen LogP contribution is 2.34. The van der Waals surface area contributed by atoms with Crippen molar-refractivity contribution in [1.82, 2.24) is 30.2 Å². The van der Waals surface area contributed by atoms with Gasteiger partial charge in [-0.1, -0.05) is 38.5 Å². The largest absolute Gasteiger partial charge is 0.454 e. The number of aromatic nitrogens is 6. The summed E-state index contributed by atoms with van der Waals surface area (Å²) in [5, 5.41) is 19.9. The van der Waals surface area contributed by atoms with Crippen molar-refractivity contribution < 1.29 is 4.42 Å². The maximum Gasteiger partial charge on any atom is 0.181 e. The lowest BCUT2D eigenvalue weighted by molar-refractivity contribution is 0.571. The summed E-state index contributed by atoms with van der Waals surface area (Å²) in [5.74, 6) is 1.53. The summed E-state index contributed by atoms with van der Waals surface area (Å²) in [6.45, 7) is 9.56. The first-order chi connectivity index (χ1) is 17.3. The lowest BCUT2D eigenvalue weighted by atomic mass is 9.93. The van der Waals surface area contributed by atoms with Crippen LogP contribution >= 0.6 is 11.3 Å². The number of aromatic amines is 1. The van der Waals surface area contributed by atoms with E-state index in [1.807, 2.05) is 0 Å². The highest BCUT2D eigenvalue weighted by molar-refractivity contribution is 7.13. The van der Waals surface area contributed by atoms with E-state index in [-0.39, 0.29) is 5.41 Å². The van der Waals surface area contributed by atoms with Crippen LogP contribution in [0.25, 0.3) is 44.0 Å². The molecule has 2 aromatic carbocycles. The Morgan fingerprint density at radius 2 is 1.97 bits per heavy atom. The van der Waals surface area contributed by atoms with Gasteiger partial charge in [-0.25, -0.2) is 10.1 Å². The van der Waals surface area contributed by atoms with E-state index >= 15 is 0 Å². The minimum Gasteiger partial charge on any atom is -0.454 e. The molecular formula is C28H28N6OS. The number of tetrazole rings is 1. The average molecular weight is 497 g/mol. The van der Waals surface area contributed by atoms with Crippen LogP contribution in [0, 0.1) is 6.92 Å². The molecule has 4 heterocycles. The Hall–Kier alpha value is -3.78. The quantitative estimate of drug-likeness (QED) is 0.270. The van der Waals surface area contributed by atoms with Gasteiger partial charge in [0.05, 0.1) is 5.69 Å². The van der Waals surface area contributed by atoms with Crippen LogP contribution < -0.4 is 0 Å². The molecular weight excluding hydrogens is 468 g/mol. The summed E-state index contributed by atoms with van der Waals surface area (Å²) in [4.78, 5) is 4.81. The van der Waals surface area contributed by atoms with Crippen LogP contribution in [-0.4, -0.2) is 30.2 Å². The van der Waals surface area contributed by atoms with Gasteiger partial charge in [-0.05, 0) is 66.1 Å². The van der Waals surface area contributed by atoms with Gasteiger partial charge in [-0.3, -0.25) is 0 Å². The second kappa shape index (κ2) is 8.71. The number of nitrogens with zero attached hydrogens (tertiary/aromatic N) is 5. The van der Waals surface area contributed by atoms with Gasteiger partial charge in [0.15, 0.2) is 16.6 Å². The molecule has 0 aliphatic rings. The minimum absolute atomic E-state index is 0.0321. The van der Waals surface area contributed by atoms with E-state index in [1.54, 1.807) is 11.3 Å². The summed E-state index contributed by atoms with van der Waals surface area (Å²) in [5.41, 5.74) is 6.77. The zero-order valence-corrected chi connectivity index (χ0v) is 21.7. The first kappa shape index (κ1) is 22.7. The number of benzene rings is 2. The Bertz CT molecular complexity index is 1670. The standard InChI is InChI=1S/C28H28N6OS/c1-17-7-9-22-20(12-17)21(26-30-32-33-31-26)15-34(22)11-5-6-18-8-10-23-19(13-18)14-24(35-23)27-29-25(16-36-27)28(2,3)4/h7-10,12-16H,5-6,11H2,1-4H3,(H,30,31,32,33). The highest BCUT2D eigenvalue weighted by Gasteiger charge is 2.19. The van der Waals surface area contributed by atoms with Gasteiger partial charge < -0.3 is 8.98 Å². The van der Waals surface area contributed by atoms with Gasteiger partial charge in [-0.2, -0.15) is 0 Å². The second-order valence-corrected chi connectivity index (χ2v) is 11.2. The number of aryl methyl sites for hydroxylation is 3. The molecule has 0 atom stereocenters. The molecule has 0 radical (unpaired) electrons. The molecule has 36 heavy (non-hydrogen) atoms. The lowest BCUT2D eigenvalue weighted by Crippen LogP contribution is -2.11. The number of thiazole rings is 1. The number of rotatable bonds is 6. The first-order valence-electron chi connectivity index (χ1n) is 12.2. The van der Waals surface area contributed by atoms with Crippen LogP contribution in [0.1, 0.15) is 44.0 Å². The Morgan fingerprint density at radius 1 is 1.08 bits per heavy atom. The maximum absolute atomic E-state index is 6.13. The SMILES string of the molecule is Cc1ccc2c(c1)c(-c1nnn[nH]1)cn2CCCc1ccc2oc(-c3nc(C(C)(C)C)cs3)cc2c1. The molecule has 0 aliphatic carbocycles. The molecule has 0 aliphatic heterocycles. The molecule has 4 aromatic heterocycles. The topological polar surface area (TPSA) is 85.4 Å². The molecule has 6 aromatic rings. The summed E-state index contributed by atoms with van der Waals surface area (Å²) >= 11 is 1.64. The first-order valence-corrected chi connectivity index (χ1v) is 13.1. The lowest BCUT2D eigenvalue weighted by Gasteiger charge is -2.13. The number of H-pyrrole nitrogens is 1. The number of nitrogens with one attached hydrogen (secondary N) is 1. The van der Waals surface area contributed by atoms with Crippen molar-refractivity contribution in [1.29, 1.82) is 0 Å². The minimum atomic E-state index is 0.0321. The van der Waals surface area contributed by atoms with Crippen LogP contribution in [0.4, 0.5) is 0 Å². The van der Waals surface area contributed by atoms with Crippen molar-refractivity contribution in [2.24, 2.45) is 0 Å². The third kappa shape index (κ3) is 4.22. The molecule has 0 saturated carbocycles. The predicted molar refractivity (Wildman–Crippen MR) is 144 cm³/mol. The van der Waals surface area contributed by atoms with Gasteiger partial charge in [0.2, 0.25) is 0 Å². The summed E-state index contributed by atoms with van der Waals surface area (Å²) < 4.78 is 8.43. The number of fused-ring (bicyclic) bond motifs is 2. The maximum atomic E-state index is 6.13. The summed E-state index contributed by atoms with van der Waals surface area (Å²) in [7, 11) is 0. The fraction of sp³-hybridized carbons (Fsp3) is 0.286. The zero-order valence-electron chi connectivity index (χ0n) is 20.9. The van der Waals surface area contributed by atoms with E-state index in [0.717, 1.165) is 57.8 Å². The second-order valence-electron chi connectivity index (χ2n) is 10.4. The van der Waals surface area contributed by atoms with E-state index in [0.29, 0.717) is 5.82 Å². The van der Waals surface area contributed by atoms with Crippen LogP contribution in [0.5, 0.6) is 0 Å². The van der Waals surface area contributed by atoms with Crippen LogP contribution in [0.3, 0.4) is 0 Å². The third-order valence-electron chi connectivity index (χ3n) is 6.57. The Morgan fingerprint density at radius 3 is 2.75 bits per heavy atom. The number of hydrogen-bond acceptors (Lipinski definition) is 6. The van der Waals surface area contributed by atoms with Crippen molar-refractivity contribution in [2.75, 3.05) is 0 Å². The van der Waals surface area contributed by atoms with Crippen molar-refractivity contribution >= 4 is 33.2 Å². The monoisotopic (exact) mass is 496 g/mol. The molecule has 0 spiro atoms. The van der Waals surface area contributed by atoms with Gasteiger partial charge >= 0.3 is 0 Å². The molecule has 1 N–H and O–H groups in total. The molecule has 7 nitrogen and oxygen atoms in total. The number of hydrogen-bond donors (Lipinski definition) is 1. The summed E-state index contributed by atoms with van der Waals surface area (Å²) in [6.07, 6.45) is 4.15. The Kier molecular flexibility index (Phi) is 5.48. The van der Waals surface area contributed by atoms with Crippen LogP contribution in [0.2, 0.25) is 0 Å². The normalized spacial score (nSPS) is 12.2. The van der Waals surface area contributed by atoms with E-state index in [4.69, 9.17) is 9.40 Å². The van der Waals surface area contributed by atoms with Crippen molar-refractivity contribution in [3.63, 3.8) is 0 Å². The average Bonchev–Trinajstić information content (AvgIpc) is 3.63. The molecule has 0 fully saturated rings. The van der Waals surface area contributed by atoms with Crippen molar-refractivity contribution in [2.45, 2.75) is 52.5 Å². The van der Waals surface area contributed by atoms with E-state index in [1.165, 1.54) is 16.6 Å². The fourth-order valence-corrected chi connectivity index (χ4v) is 5.59. The van der Waals surface area contributed by atoms with Crippen molar-refractivity contribution in [3.8, 4) is 22.2 Å². The van der Waals surface area contributed by atoms with Gasteiger partial charge in [0.25, 0.3) is 0 Å². The van der Waals surface area contributed by atoms with Crippen LogP contribution in [-0.2, 0) is 18.4 Å². The molecule has 0 bridgehead atoms. The number of furan rings is 1. The Balaban J connectivity index is 1.20. The fourth-order valence-electron chi connectivity index (χ4n) is 4.60. The molecule has 6 rings (SSSR count). The Labute approximate surface area is 213 Å². The molecule has 0 amide bonds. The third-order valence-corrected chi connectivity index (χ3v) is 7.42. The van der Waals surface area contributed by atoms with Gasteiger partial charge in [0, 0.05) is 45.4 Å². The highest BCUT2D eigenvalue weighted by atomic mass is 32.1. The molecule has 8 heteroatoms. The zero-order chi connectivity index (χ0) is 24.9. The summed E-state index contributed by atoms with van der Waals surface area (Å²) in [6, 6.07) is 15.1. The van der Waals surface area contributed by atoms with E-state index < -0.39 is 0 Å². The van der Waals surface area contributed by atoms with Crippen LogP contribution in [0.15, 0.2) is 58.5 Å². The van der Waals surface area contributed by atoms with Crippen molar-refractivity contribution in [3.05, 3.63) is 70.9 Å². The van der Waals surface area contributed by atoms with E-state index in [9.17, 15) is 0 Å². The van der Waals surface area contributed by atoms with Gasteiger partial charge in [0.1, 0.15) is 5.58 Å².